The summed E-state index contributed by atoms with van der Waals surface area (Å²) in [6.07, 6.45) is 4.68. The molecule has 0 radical (unpaired) electrons. The molecule has 18 heavy (non-hydrogen) atoms. The van der Waals surface area contributed by atoms with Crippen LogP contribution in [0.3, 0.4) is 0 Å². The van der Waals surface area contributed by atoms with Crippen LogP contribution in [0.4, 0.5) is 0 Å². The number of nitrogens with one attached hydrogen (secondary N) is 1. The summed E-state index contributed by atoms with van der Waals surface area (Å²) >= 11 is 6.23. The Morgan fingerprint density at radius 1 is 1.39 bits per heavy atom. The standard InChI is InChI=1S/C13H17ClN2O2/c14-12-5-10(11(7-17)8-18)6-16-13(12)9-1-3-15-4-2-9/h1,5-6,11,15,17-18H,2-4,7-8H2. The van der Waals surface area contributed by atoms with E-state index in [2.05, 4.69) is 16.4 Å². The van der Waals surface area contributed by atoms with Gasteiger partial charge in [-0.3, -0.25) is 4.98 Å². The van der Waals surface area contributed by atoms with Gasteiger partial charge in [-0.2, -0.15) is 0 Å². The van der Waals surface area contributed by atoms with Gasteiger partial charge in [0, 0.05) is 18.7 Å². The predicted molar refractivity (Wildman–Crippen MR) is 71.6 cm³/mol. The van der Waals surface area contributed by atoms with Crippen LogP contribution in [0.25, 0.3) is 5.57 Å². The molecule has 0 fully saturated rings. The van der Waals surface area contributed by atoms with Crippen molar-refractivity contribution in [1.82, 2.24) is 10.3 Å². The molecule has 1 aromatic rings. The largest absolute Gasteiger partial charge is 0.396 e. The van der Waals surface area contributed by atoms with E-state index in [1.165, 1.54) is 0 Å². The third-order valence-electron chi connectivity index (χ3n) is 3.14. The zero-order chi connectivity index (χ0) is 13.0. The summed E-state index contributed by atoms with van der Waals surface area (Å²) < 4.78 is 0. The first-order chi connectivity index (χ1) is 8.76. The zero-order valence-electron chi connectivity index (χ0n) is 10.1. The van der Waals surface area contributed by atoms with Crippen molar-refractivity contribution in [3.05, 3.63) is 34.6 Å². The number of rotatable bonds is 4. The van der Waals surface area contributed by atoms with Crippen LogP contribution < -0.4 is 5.32 Å². The third-order valence-corrected chi connectivity index (χ3v) is 3.43. The van der Waals surface area contributed by atoms with Crippen LogP contribution in [0.5, 0.6) is 0 Å². The number of aromatic nitrogens is 1. The molecule has 2 rings (SSSR count). The first kappa shape index (κ1) is 13.5. The van der Waals surface area contributed by atoms with Crippen LogP contribution in [0.1, 0.15) is 23.6 Å². The molecule has 0 saturated heterocycles. The molecule has 0 spiro atoms. The van der Waals surface area contributed by atoms with Crippen LogP contribution in [-0.4, -0.2) is 41.5 Å². The number of hydrogen-bond donors (Lipinski definition) is 3. The van der Waals surface area contributed by atoms with Crippen molar-refractivity contribution in [1.29, 1.82) is 0 Å². The summed E-state index contributed by atoms with van der Waals surface area (Å²) in [5.74, 6) is -0.314. The van der Waals surface area contributed by atoms with Gasteiger partial charge in [-0.15, -0.1) is 0 Å². The Kier molecular flexibility index (Phi) is 4.72. The maximum atomic E-state index is 9.14. The number of hydrogen-bond acceptors (Lipinski definition) is 4. The molecule has 1 aliphatic heterocycles. The average Bonchev–Trinajstić information content (AvgIpc) is 2.41. The Labute approximate surface area is 111 Å². The van der Waals surface area contributed by atoms with Gasteiger partial charge in [0.25, 0.3) is 0 Å². The molecule has 4 nitrogen and oxygen atoms in total. The Morgan fingerprint density at radius 2 is 2.17 bits per heavy atom. The molecule has 0 saturated carbocycles. The lowest BCUT2D eigenvalue weighted by Gasteiger charge is -2.16. The quantitative estimate of drug-likeness (QED) is 0.767. The van der Waals surface area contributed by atoms with Crippen molar-refractivity contribution in [2.45, 2.75) is 12.3 Å². The van der Waals surface area contributed by atoms with E-state index in [0.717, 1.165) is 36.3 Å². The third kappa shape index (κ3) is 2.90. The first-order valence-electron chi connectivity index (χ1n) is 6.03. The lowest BCUT2D eigenvalue weighted by molar-refractivity contribution is 0.192. The smallest absolute Gasteiger partial charge is 0.0845 e. The SMILES string of the molecule is OCC(CO)c1cnc(C2=CCNCC2)c(Cl)c1. The lowest BCUT2D eigenvalue weighted by atomic mass is 10.00. The highest BCUT2D eigenvalue weighted by Crippen LogP contribution is 2.27. The molecule has 5 heteroatoms. The fraction of sp³-hybridized carbons (Fsp3) is 0.462. The van der Waals surface area contributed by atoms with Gasteiger partial charge in [0.15, 0.2) is 0 Å². The summed E-state index contributed by atoms with van der Waals surface area (Å²) in [5, 5.41) is 22.1. The maximum Gasteiger partial charge on any atom is 0.0845 e. The molecule has 3 N–H and O–H groups in total. The van der Waals surface area contributed by atoms with Crippen molar-refractivity contribution in [3.63, 3.8) is 0 Å². The Balaban J connectivity index is 2.27. The molecule has 1 aromatic heterocycles. The number of halogens is 1. The summed E-state index contributed by atoms with van der Waals surface area (Å²) in [6, 6.07) is 1.78. The molecular weight excluding hydrogens is 252 g/mol. The zero-order valence-corrected chi connectivity index (χ0v) is 10.8. The van der Waals surface area contributed by atoms with Crippen molar-refractivity contribution in [2.75, 3.05) is 26.3 Å². The minimum atomic E-state index is -0.314. The Morgan fingerprint density at radius 3 is 2.72 bits per heavy atom. The number of nitrogens with zero attached hydrogens (tertiary/aromatic N) is 1. The van der Waals surface area contributed by atoms with Crippen molar-refractivity contribution < 1.29 is 10.2 Å². The number of pyridine rings is 1. The van der Waals surface area contributed by atoms with Crippen LogP contribution >= 0.6 is 11.6 Å². The fourth-order valence-corrected chi connectivity index (χ4v) is 2.31. The summed E-state index contributed by atoms with van der Waals surface area (Å²) in [4.78, 5) is 4.37. The molecule has 0 atom stereocenters. The first-order valence-corrected chi connectivity index (χ1v) is 6.41. The maximum absolute atomic E-state index is 9.14. The monoisotopic (exact) mass is 268 g/mol. The van der Waals surface area contributed by atoms with Crippen LogP contribution in [-0.2, 0) is 0 Å². The molecule has 98 valence electrons. The van der Waals surface area contributed by atoms with Gasteiger partial charge in [-0.25, -0.2) is 0 Å². The normalized spacial score (nSPS) is 15.9. The van der Waals surface area contributed by atoms with E-state index in [9.17, 15) is 0 Å². The number of aliphatic hydroxyl groups is 2. The molecule has 1 aliphatic rings. The highest BCUT2D eigenvalue weighted by molar-refractivity contribution is 6.32. The highest BCUT2D eigenvalue weighted by atomic mass is 35.5. The van der Waals surface area contributed by atoms with Gasteiger partial charge in [-0.05, 0) is 30.2 Å². The van der Waals surface area contributed by atoms with E-state index in [1.54, 1.807) is 12.3 Å². The topological polar surface area (TPSA) is 65.4 Å². The van der Waals surface area contributed by atoms with E-state index >= 15 is 0 Å². The van der Waals surface area contributed by atoms with E-state index in [4.69, 9.17) is 21.8 Å². The molecular formula is C13H17ClN2O2. The Hall–Kier alpha value is -0.940. The fourth-order valence-electron chi connectivity index (χ4n) is 2.02. The molecule has 0 amide bonds. The molecule has 0 unspecified atom stereocenters. The van der Waals surface area contributed by atoms with Gasteiger partial charge in [-0.1, -0.05) is 17.7 Å². The molecule has 2 heterocycles. The predicted octanol–water partition coefficient (Wildman–Crippen LogP) is 1.18. The van der Waals surface area contributed by atoms with Gasteiger partial charge < -0.3 is 15.5 Å². The van der Waals surface area contributed by atoms with Crippen LogP contribution in [0.15, 0.2) is 18.3 Å². The second kappa shape index (κ2) is 6.29. The lowest BCUT2D eigenvalue weighted by Crippen LogP contribution is -2.20. The Bertz CT molecular complexity index is 445. The average molecular weight is 269 g/mol. The van der Waals surface area contributed by atoms with E-state index in [0.29, 0.717) is 5.02 Å². The van der Waals surface area contributed by atoms with Gasteiger partial charge >= 0.3 is 0 Å². The minimum Gasteiger partial charge on any atom is -0.396 e. The van der Waals surface area contributed by atoms with E-state index in [-0.39, 0.29) is 19.1 Å². The molecule has 0 aliphatic carbocycles. The number of aliphatic hydroxyl groups excluding tert-OH is 2. The van der Waals surface area contributed by atoms with Crippen molar-refractivity contribution >= 4 is 17.2 Å². The summed E-state index contributed by atoms with van der Waals surface area (Å²) in [5.41, 5.74) is 2.72. The summed E-state index contributed by atoms with van der Waals surface area (Å²) in [7, 11) is 0. The molecule has 0 aromatic carbocycles. The van der Waals surface area contributed by atoms with Crippen LogP contribution in [0.2, 0.25) is 5.02 Å². The highest BCUT2D eigenvalue weighted by Gasteiger charge is 2.15. The van der Waals surface area contributed by atoms with Gasteiger partial charge in [0.2, 0.25) is 0 Å². The molecule has 0 bridgehead atoms. The van der Waals surface area contributed by atoms with Gasteiger partial charge in [0.1, 0.15) is 0 Å². The second-order valence-corrected chi connectivity index (χ2v) is 4.75. The van der Waals surface area contributed by atoms with E-state index in [1.807, 2.05) is 0 Å². The second-order valence-electron chi connectivity index (χ2n) is 4.34. The van der Waals surface area contributed by atoms with Crippen molar-refractivity contribution in [2.24, 2.45) is 0 Å². The summed E-state index contributed by atoms with van der Waals surface area (Å²) in [6.45, 7) is 1.55. The van der Waals surface area contributed by atoms with Crippen molar-refractivity contribution in [3.8, 4) is 0 Å². The van der Waals surface area contributed by atoms with Crippen LogP contribution in [0, 0.1) is 0 Å². The minimum absolute atomic E-state index is 0.111. The van der Waals surface area contributed by atoms with E-state index < -0.39 is 0 Å². The van der Waals surface area contributed by atoms with Gasteiger partial charge in [0.05, 0.1) is 23.9 Å².